The van der Waals surface area contributed by atoms with E-state index in [1.165, 1.54) is 25.3 Å². The topological polar surface area (TPSA) is 82.1 Å². The third-order valence-electron chi connectivity index (χ3n) is 4.36. The molecule has 0 atom stereocenters. The molecule has 0 saturated carbocycles. The normalized spacial score (nSPS) is 10.6. The van der Waals surface area contributed by atoms with E-state index in [2.05, 4.69) is 4.74 Å². The van der Waals surface area contributed by atoms with Crippen LogP contribution in [0.5, 0.6) is 17.2 Å². The third kappa shape index (κ3) is 5.57. The Hall–Kier alpha value is -3.94. The maximum absolute atomic E-state index is 12.4. The predicted molar refractivity (Wildman–Crippen MR) is 108 cm³/mol. The summed E-state index contributed by atoms with van der Waals surface area (Å²) in [7, 11) is 1.25. The number of alkyl halides is 2. The number of rotatable bonds is 8. The molecule has 0 unspecified atom stereocenters. The van der Waals surface area contributed by atoms with Crippen LogP contribution in [0.25, 0.3) is 11.1 Å². The molecular weight excluding hydrogens is 410 g/mol. The summed E-state index contributed by atoms with van der Waals surface area (Å²) < 4.78 is 39.1. The Morgan fingerprint density at radius 1 is 0.871 bits per heavy atom. The van der Waals surface area contributed by atoms with Gasteiger partial charge >= 0.3 is 12.6 Å². The summed E-state index contributed by atoms with van der Waals surface area (Å²) in [6.45, 7) is -3.56. The number of carbonyl (C=O) groups excluding carboxylic acids is 2. The molecular formula is C23H18F2O6. The quantitative estimate of drug-likeness (QED) is 0.413. The summed E-state index contributed by atoms with van der Waals surface area (Å²) in [4.78, 5) is 24.5. The summed E-state index contributed by atoms with van der Waals surface area (Å²) in [5.74, 6) is -1.31. The summed E-state index contributed by atoms with van der Waals surface area (Å²) in [5, 5.41) is 9.35. The number of phenolic OH excluding ortho intramolecular Hbond substituents is 1. The number of ether oxygens (including phenoxy) is 3. The molecule has 160 valence electrons. The average molecular weight is 428 g/mol. The van der Waals surface area contributed by atoms with Gasteiger partial charge in [-0.2, -0.15) is 8.78 Å². The summed E-state index contributed by atoms with van der Waals surface area (Å²) in [5.41, 5.74) is 2.08. The number of hydrogen-bond donors (Lipinski definition) is 1. The largest absolute Gasteiger partial charge is 0.508 e. The minimum atomic E-state index is -3.03. The number of aromatic hydroxyl groups is 1. The van der Waals surface area contributed by atoms with Crippen LogP contribution in [-0.4, -0.2) is 37.2 Å². The molecule has 0 bridgehead atoms. The fourth-order valence-electron chi connectivity index (χ4n) is 2.78. The Labute approximate surface area is 176 Å². The highest BCUT2D eigenvalue weighted by atomic mass is 19.3. The first kappa shape index (κ1) is 21.8. The molecule has 3 rings (SSSR count). The number of phenols is 1. The molecule has 0 aliphatic carbocycles. The molecule has 3 aromatic rings. The minimum absolute atomic E-state index is 0.0395. The molecule has 0 fully saturated rings. The number of carbonyl (C=O) groups is 2. The fourth-order valence-corrected chi connectivity index (χ4v) is 2.78. The van der Waals surface area contributed by atoms with Crippen molar-refractivity contribution in [3.8, 4) is 28.4 Å². The molecule has 0 radical (unpaired) electrons. The van der Waals surface area contributed by atoms with E-state index in [0.717, 1.165) is 11.1 Å². The highest BCUT2D eigenvalue weighted by Crippen LogP contribution is 2.29. The SMILES string of the molecule is COc1cc(C(=O)COC(=O)c2ccc(-c3ccc(O)cc3)cc2)ccc1OC(F)F. The lowest BCUT2D eigenvalue weighted by Gasteiger charge is -2.11. The van der Waals surface area contributed by atoms with Gasteiger partial charge < -0.3 is 19.3 Å². The summed E-state index contributed by atoms with van der Waals surface area (Å²) in [6.07, 6.45) is 0. The van der Waals surface area contributed by atoms with Gasteiger partial charge in [0.2, 0.25) is 0 Å². The van der Waals surface area contributed by atoms with Gasteiger partial charge in [0.15, 0.2) is 23.9 Å². The van der Waals surface area contributed by atoms with Crippen LogP contribution in [0.2, 0.25) is 0 Å². The van der Waals surface area contributed by atoms with Gasteiger partial charge in [-0.15, -0.1) is 0 Å². The standard InChI is InChI=1S/C23H18F2O6/c1-29-21-12-17(8-11-20(21)31-23(24)25)19(27)13-30-22(28)16-4-2-14(3-5-16)15-6-9-18(26)10-7-15/h2-12,23,26H,13H2,1H3. The smallest absolute Gasteiger partial charge is 0.387 e. The Balaban J connectivity index is 1.62. The molecule has 6 nitrogen and oxygen atoms in total. The van der Waals surface area contributed by atoms with Gasteiger partial charge in [-0.25, -0.2) is 4.79 Å². The molecule has 0 amide bonds. The van der Waals surface area contributed by atoms with Crippen LogP contribution in [0.1, 0.15) is 20.7 Å². The molecule has 1 N–H and O–H groups in total. The van der Waals surface area contributed by atoms with E-state index in [1.807, 2.05) is 0 Å². The van der Waals surface area contributed by atoms with Crippen molar-refractivity contribution in [3.05, 3.63) is 77.9 Å². The molecule has 3 aromatic carbocycles. The van der Waals surface area contributed by atoms with Gasteiger partial charge in [0.1, 0.15) is 5.75 Å². The molecule has 8 heteroatoms. The lowest BCUT2D eigenvalue weighted by Crippen LogP contribution is -2.14. The van der Waals surface area contributed by atoms with Crippen molar-refractivity contribution in [2.75, 3.05) is 13.7 Å². The predicted octanol–water partition coefficient (Wildman–Crippen LogP) is 4.71. The Morgan fingerprint density at radius 3 is 2.03 bits per heavy atom. The van der Waals surface area contributed by atoms with Gasteiger partial charge in [-0.05, 0) is 53.6 Å². The lowest BCUT2D eigenvalue weighted by molar-refractivity contribution is -0.0512. The van der Waals surface area contributed by atoms with Gasteiger partial charge in [0, 0.05) is 5.56 Å². The number of benzene rings is 3. The molecule has 0 aromatic heterocycles. The van der Waals surface area contributed by atoms with Crippen molar-refractivity contribution in [2.24, 2.45) is 0 Å². The second-order valence-corrected chi connectivity index (χ2v) is 6.37. The first-order chi connectivity index (χ1) is 14.9. The highest BCUT2D eigenvalue weighted by molar-refractivity contribution is 5.99. The lowest BCUT2D eigenvalue weighted by atomic mass is 10.0. The van der Waals surface area contributed by atoms with Crippen LogP contribution < -0.4 is 9.47 Å². The van der Waals surface area contributed by atoms with Crippen LogP contribution in [-0.2, 0) is 4.74 Å². The monoisotopic (exact) mass is 428 g/mol. The summed E-state index contributed by atoms with van der Waals surface area (Å²) >= 11 is 0. The van der Waals surface area contributed by atoms with E-state index in [9.17, 15) is 23.5 Å². The average Bonchev–Trinajstić information content (AvgIpc) is 2.77. The highest BCUT2D eigenvalue weighted by Gasteiger charge is 2.16. The Morgan fingerprint density at radius 2 is 1.45 bits per heavy atom. The van der Waals surface area contributed by atoms with E-state index in [4.69, 9.17) is 9.47 Å². The van der Waals surface area contributed by atoms with E-state index in [0.29, 0.717) is 0 Å². The number of Topliss-reactive ketones (excluding diaryl/α,β-unsaturated/α-hetero) is 1. The fraction of sp³-hybridized carbons (Fsp3) is 0.130. The van der Waals surface area contributed by atoms with Gasteiger partial charge in [-0.3, -0.25) is 4.79 Å². The molecule has 31 heavy (non-hydrogen) atoms. The number of esters is 1. The third-order valence-corrected chi connectivity index (χ3v) is 4.36. The van der Waals surface area contributed by atoms with E-state index in [-0.39, 0.29) is 28.4 Å². The zero-order valence-corrected chi connectivity index (χ0v) is 16.4. The molecule has 0 aliphatic rings. The van der Waals surface area contributed by atoms with Crippen molar-refractivity contribution < 1.29 is 37.7 Å². The number of methoxy groups -OCH3 is 1. The Kier molecular flexibility index (Phi) is 6.81. The maximum atomic E-state index is 12.4. The molecule has 0 heterocycles. The van der Waals surface area contributed by atoms with Crippen LogP contribution in [0.15, 0.2) is 66.7 Å². The van der Waals surface area contributed by atoms with Crippen LogP contribution in [0, 0.1) is 0 Å². The van der Waals surface area contributed by atoms with Gasteiger partial charge in [-0.1, -0.05) is 24.3 Å². The van der Waals surface area contributed by atoms with E-state index >= 15 is 0 Å². The molecule has 0 saturated heterocycles. The Bertz CT molecular complexity index is 1060. The van der Waals surface area contributed by atoms with Crippen LogP contribution in [0.3, 0.4) is 0 Å². The van der Waals surface area contributed by atoms with Crippen molar-refractivity contribution in [2.45, 2.75) is 6.61 Å². The summed E-state index contributed by atoms with van der Waals surface area (Å²) in [6, 6.07) is 16.9. The zero-order chi connectivity index (χ0) is 22.4. The van der Waals surface area contributed by atoms with Gasteiger partial charge in [0.05, 0.1) is 12.7 Å². The first-order valence-corrected chi connectivity index (χ1v) is 9.10. The zero-order valence-electron chi connectivity index (χ0n) is 16.4. The van der Waals surface area contributed by atoms with Crippen LogP contribution >= 0.6 is 0 Å². The minimum Gasteiger partial charge on any atom is -0.508 e. The number of hydrogen-bond acceptors (Lipinski definition) is 6. The van der Waals surface area contributed by atoms with Crippen LogP contribution in [0.4, 0.5) is 8.78 Å². The van der Waals surface area contributed by atoms with Gasteiger partial charge in [0.25, 0.3) is 0 Å². The molecule has 0 aliphatic heterocycles. The number of halogens is 2. The maximum Gasteiger partial charge on any atom is 0.387 e. The second-order valence-electron chi connectivity index (χ2n) is 6.37. The molecule has 0 spiro atoms. The van der Waals surface area contributed by atoms with E-state index < -0.39 is 25.0 Å². The first-order valence-electron chi connectivity index (χ1n) is 9.10. The van der Waals surface area contributed by atoms with E-state index in [1.54, 1.807) is 48.5 Å². The van der Waals surface area contributed by atoms with Crippen molar-refractivity contribution in [1.82, 2.24) is 0 Å². The van der Waals surface area contributed by atoms with Crippen molar-refractivity contribution in [1.29, 1.82) is 0 Å². The second kappa shape index (κ2) is 9.71. The van der Waals surface area contributed by atoms with Crippen molar-refractivity contribution >= 4 is 11.8 Å². The number of ketones is 1. The van der Waals surface area contributed by atoms with Crippen molar-refractivity contribution in [3.63, 3.8) is 0 Å².